The molecule has 0 aliphatic carbocycles. The zero-order chi connectivity index (χ0) is 47.2. The van der Waals surface area contributed by atoms with Gasteiger partial charge in [0.2, 0.25) is 0 Å². The number of halogens is 1. The van der Waals surface area contributed by atoms with Crippen molar-refractivity contribution in [3.8, 4) is 23.0 Å². The fourth-order valence-electron chi connectivity index (χ4n) is 6.96. The molecule has 0 amide bonds. The molecule has 51 heavy (non-hydrogen) atoms. The van der Waals surface area contributed by atoms with E-state index in [4.69, 9.17) is 35.4 Å². The van der Waals surface area contributed by atoms with Crippen LogP contribution in [0.5, 0.6) is 23.0 Å². The van der Waals surface area contributed by atoms with Crippen molar-refractivity contribution in [1.82, 2.24) is 4.90 Å². The number of hydrogen-bond donors (Lipinski definition) is 0. The lowest BCUT2D eigenvalue weighted by Gasteiger charge is -2.43. The fraction of sp³-hybridized carbons (Fsp3) is 0.634. The molecule has 0 N–H and O–H groups in total. The lowest BCUT2D eigenvalue weighted by molar-refractivity contribution is -0.872. The van der Waals surface area contributed by atoms with Gasteiger partial charge < -0.3 is 47.4 Å². The number of benzene rings is 2. The first-order valence-electron chi connectivity index (χ1n) is 23.4. The van der Waals surface area contributed by atoms with Gasteiger partial charge in [0, 0.05) is 44.2 Å². The Kier molecular flexibility index (Phi) is 11.6. The number of Topliss-reactive ketones (excluding diaryl/α,β-unsaturated/α-hetero) is 2. The van der Waals surface area contributed by atoms with Crippen molar-refractivity contribution in [3.05, 3.63) is 46.5 Å². The van der Waals surface area contributed by atoms with Crippen LogP contribution in [0.2, 0.25) is 0 Å². The summed E-state index contributed by atoms with van der Waals surface area (Å²) >= 11 is 0. The number of aliphatic imine (C=N–C) groups is 1. The predicted molar refractivity (Wildman–Crippen MR) is 202 cm³/mol. The second kappa shape index (κ2) is 20.5. The number of quaternary nitrogens is 1. The van der Waals surface area contributed by atoms with E-state index in [1.807, 2.05) is 0 Å². The van der Waals surface area contributed by atoms with Crippen molar-refractivity contribution < 1.29 is 73.4 Å². The van der Waals surface area contributed by atoms with Crippen LogP contribution in [0.25, 0.3) is 0 Å². The number of rotatable bonds is 11. The molecule has 0 saturated carbocycles. The van der Waals surface area contributed by atoms with Crippen molar-refractivity contribution in [2.45, 2.75) is 72.8 Å². The Balaban J connectivity index is 0.000000350. The van der Waals surface area contributed by atoms with Gasteiger partial charge in [-0.1, -0.05) is 27.7 Å². The van der Waals surface area contributed by atoms with E-state index in [0.717, 1.165) is 47.1 Å². The molecule has 3 aliphatic heterocycles. The first kappa shape index (κ1) is 28.8. The highest BCUT2D eigenvalue weighted by atomic mass is 127. The van der Waals surface area contributed by atoms with E-state index in [0.29, 0.717) is 55.5 Å². The Morgan fingerprint density at radius 1 is 0.902 bits per heavy atom. The average molecular weight is 834 g/mol. The molecule has 2 aromatic rings. The van der Waals surface area contributed by atoms with Gasteiger partial charge in [0.25, 0.3) is 0 Å². The number of piperidine rings is 1. The summed E-state index contributed by atoms with van der Waals surface area (Å²) in [6.07, 6.45) is 5.14. The maximum Gasteiger partial charge on any atom is 0.161 e. The van der Waals surface area contributed by atoms with E-state index >= 15 is 0 Å². The number of carbonyl (C=O) groups is 2. The maximum absolute atomic E-state index is 12.7. The molecule has 286 valence electrons. The summed E-state index contributed by atoms with van der Waals surface area (Å²) in [5.74, 6) is 1.37. The van der Waals surface area contributed by atoms with Crippen LogP contribution < -0.4 is 42.9 Å². The highest BCUT2D eigenvalue weighted by Crippen LogP contribution is 2.42. The van der Waals surface area contributed by atoms with Gasteiger partial charge >= 0.3 is 0 Å². The zero-order valence-electron chi connectivity index (χ0n) is 43.3. The maximum atomic E-state index is 12.7. The van der Waals surface area contributed by atoms with Crippen molar-refractivity contribution in [2.24, 2.45) is 28.7 Å². The third-order valence-corrected chi connectivity index (χ3v) is 9.22. The van der Waals surface area contributed by atoms with Gasteiger partial charge in [-0.25, -0.2) is 0 Å². The molecule has 0 spiro atoms. The minimum atomic E-state index is -2.75. The third kappa shape index (κ3) is 13.0. The Labute approximate surface area is 341 Å². The summed E-state index contributed by atoms with van der Waals surface area (Å²) in [5.41, 5.74) is 3.22. The van der Waals surface area contributed by atoms with Crippen molar-refractivity contribution in [3.63, 3.8) is 0 Å². The second-order valence-corrected chi connectivity index (χ2v) is 15.4. The second-order valence-electron chi connectivity index (χ2n) is 15.4. The summed E-state index contributed by atoms with van der Waals surface area (Å²) < 4.78 is 108. The van der Waals surface area contributed by atoms with Gasteiger partial charge in [-0.15, -0.1) is 0 Å². The standard InChI is InChI=1S/C19H27NO3.C11H13NO2.C11H24NO.HI/c1-12(2)7-14-11-20-6-5-13-8-18(22-3)19(23-4)9-15(13)16(20)10-17(14)21;1-13-10-5-8-3-4-12-7-9(8)6-11(10)14-2;1-9(2)7-11(10(3)13)8-12(4,5)6;/h8-9,12,14,16H,5-7,10-11H2,1-4H3;5-7H,3-4H2,1-2H3;9,11H,7-8H2,1-6H3;1H/q;;+1;/p-1/i3D3,4D3;1D3,2D3;;. The summed E-state index contributed by atoms with van der Waals surface area (Å²) in [5, 5.41) is 0. The summed E-state index contributed by atoms with van der Waals surface area (Å²) in [6.45, 7) is 13.3. The van der Waals surface area contributed by atoms with Crippen LogP contribution in [0, 0.1) is 23.7 Å². The van der Waals surface area contributed by atoms with E-state index in [9.17, 15) is 9.59 Å². The molecule has 3 heterocycles. The molecule has 1 saturated heterocycles. The van der Waals surface area contributed by atoms with Crippen LogP contribution in [0.1, 0.15) is 98.6 Å². The molecule has 0 aromatic heterocycles. The van der Waals surface area contributed by atoms with E-state index in [1.165, 1.54) is 18.2 Å². The normalized spacial score (nSPS) is 22.9. The third-order valence-electron chi connectivity index (χ3n) is 9.22. The highest BCUT2D eigenvalue weighted by molar-refractivity contribution is 5.84. The van der Waals surface area contributed by atoms with E-state index in [-0.39, 0.29) is 70.6 Å². The number of carbonyl (C=O) groups excluding carboxylic acids is 2. The van der Waals surface area contributed by atoms with Crippen molar-refractivity contribution >= 4 is 17.8 Å². The first-order valence-corrected chi connectivity index (χ1v) is 17.4. The predicted octanol–water partition coefficient (Wildman–Crippen LogP) is 3.86. The minimum Gasteiger partial charge on any atom is -1.00 e. The van der Waals surface area contributed by atoms with Crippen LogP contribution in [0.15, 0.2) is 29.3 Å². The summed E-state index contributed by atoms with van der Waals surface area (Å²) in [6, 6.07) is 5.86. The number of methoxy groups -OCH3 is 4. The van der Waals surface area contributed by atoms with Crippen LogP contribution in [0.3, 0.4) is 0 Å². The highest BCUT2D eigenvalue weighted by Gasteiger charge is 2.38. The molecule has 3 unspecified atom stereocenters. The molecule has 3 aliphatic rings. The number of ether oxygens (including phenoxy) is 4. The van der Waals surface area contributed by atoms with Gasteiger partial charge in [-0.05, 0) is 91.0 Å². The Hall–Kier alpha value is -2.70. The molecule has 5 rings (SSSR count). The largest absolute Gasteiger partial charge is 1.00 e. The topological polar surface area (TPSA) is 86.7 Å². The average Bonchev–Trinajstić information content (AvgIpc) is 3.06. The molecule has 0 bridgehead atoms. The van der Waals surface area contributed by atoms with Crippen LogP contribution >= 0.6 is 0 Å². The smallest absolute Gasteiger partial charge is 0.161 e. The molecule has 2 aromatic carbocycles. The van der Waals surface area contributed by atoms with Crippen LogP contribution in [-0.2, 0) is 22.4 Å². The number of fused-ring (bicyclic) bond motifs is 4. The van der Waals surface area contributed by atoms with Crippen molar-refractivity contribution in [2.75, 3.05) is 75.5 Å². The number of nitrogens with zero attached hydrogens (tertiary/aromatic N) is 3. The number of ketones is 2. The van der Waals surface area contributed by atoms with Gasteiger partial charge in [0.1, 0.15) is 11.6 Å². The molecular weight excluding hydrogens is 757 g/mol. The molecule has 9 nitrogen and oxygen atoms in total. The first-order chi connectivity index (χ1) is 28.2. The van der Waals surface area contributed by atoms with Crippen molar-refractivity contribution in [1.29, 1.82) is 0 Å². The fourth-order valence-corrected chi connectivity index (χ4v) is 6.96. The zero-order valence-corrected chi connectivity index (χ0v) is 33.5. The lowest BCUT2D eigenvalue weighted by Crippen LogP contribution is -3.00. The van der Waals surface area contributed by atoms with E-state index < -0.39 is 28.2 Å². The van der Waals surface area contributed by atoms with Gasteiger partial charge in [0.05, 0.1) is 78.2 Å². The Morgan fingerprint density at radius 3 is 2.04 bits per heavy atom. The Bertz CT molecular complexity index is 1880. The van der Waals surface area contributed by atoms with Gasteiger partial charge in [0.15, 0.2) is 23.0 Å². The van der Waals surface area contributed by atoms with Crippen LogP contribution in [-0.4, -0.2) is 103 Å². The van der Waals surface area contributed by atoms with Gasteiger partial charge in [-0.3, -0.25) is 19.5 Å². The SMILES string of the molecule is CC(=O)C(CC(C)C)C[N+](C)(C)C.[2H]C([2H])([2H])Oc1cc2c(cc1OC([2H])([2H])[2H])C1CC(=O)C(CC(C)C)CN1CC2.[2H]C([2H])([2H])Oc1cc2c(cc1OC([2H])([2H])[2H])CCN=C2.[I-]. The van der Waals surface area contributed by atoms with Crippen LogP contribution in [0.4, 0.5) is 0 Å². The molecule has 10 heteroatoms. The van der Waals surface area contributed by atoms with E-state index in [2.05, 4.69) is 58.7 Å². The van der Waals surface area contributed by atoms with Gasteiger partial charge in [-0.2, -0.15) is 0 Å². The monoisotopic (exact) mass is 833 g/mol. The summed E-state index contributed by atoms with van der Waals surface area (Å²) in [7, 11) is -4.44. The minimum absolute atomic E-state index is 0. The Morgan fingerprint density at radius 2 is 1.49 bits per heavy atom. The van der Waals surface area contributed by atoms with E-state index in [1.54, 1.807) is 19.2 Å². The molecule has 1 fully saturated rings. The summed E-state index contributed by atoms with van der Waals surface area (Å²) in [4.78, 5) is 30.4. The quantitative estimate of drug-likeness (QED) is 0.251. The molecule has 3 atom stereocenters. The molecular formula is C41H64IN3O6. The number of hydrogen-bond acceptors (Lipinski definition) is 8. The lowest BCUT2D eigenvalue weighted by atomic mass is 9.80. The molecule has 0 radical (unpaired) electrons.